The van der Waals surface area contributed by atoms with Crippen molar-refractivity contribution < 1.29 is 4.79 Å². The standard InChI is InChI=1S/C20H24N4O/c25-19(13-12-16-8-3-1-4-9-16)23-15-7-10-17(23)20-22-21-18-11-5-2-6-14-24(18)20/h1,3-4,8-9,12-13,17H,2,5-7,10-11,14-15H2/b13-12+. The van der Waals surface area contributed by atoms with E-state index >= 15 is 0 Å². The number of hydrogen-bond donors (Lipinski definition) is 0. The van der Waals surface area contributed by atoms with E-state index in [0.29, 0.717) is 0 Å². The fourth-order valence-electron chi connectivity index (χ4n) is 3.88. The second-order valence-electron chi connectivity index (χ2n) is 6.87. The zero-order valence-electron chi connectivity index (χ0n) is 14.5. The minimum absolute atomic E-state index is 0.0623. The molecule has 0 bridgehead atoms. The highest BCUT2D eigenvalue weighted by molar-refractivity contribution is 5.92. The summed E-state index contributed by atoms with van der Waals surface area (Å²) in [7, 11) is 0. The SMILES string of the molecule is O=C(/C=C/c1ccccc1)N1CCCC1c1nnc2n1CCCCC2. The van der Waals surface area contributed by atoms with Crippen molar-refractivity contribution >= 4 is 12.0 Å². The molecule has 0 N–H and O–H groups in total. The second kappa shape index (κ2) is 7.21. The first-order valence-corrected chi connectivity index (χ1v) is 9.28. The fraction of sp³-hybridized carbons (Fsp3) is 0.450. The lowest BCUT2D eigenvalue weighted by atomic mass is 10.2. The van der Waals surface area contributed by atoms with Crippen molar-refractivity contribution in [3.05, 3.63) is 53.6 Å². The molecule has 5 heteroatoms. The maximum absolute atomic E-state index is 12.7. The van der Waals surface area contributed by atoms with E-state index in [1.165, 1.54) is 19.3 Å². The van der Waals surface area contributed by atoms with Gasteiger partial charge in [-0.3, -0.25) is 4.79 Å². The van der Waals surface area contributed by atoms with Crippen LogP contribution in [-0.2, 0) is 17.8 Å². The Bertz CT molecular complexity index is 765. The highest BCUT2D eigenvalue weighted by Crippen LogP contribution is 2.32. The minimum atomic E-state index is 0.0623. The normalized spacial score (nSPS) is 20.6. The lowest BCUT2D eigenvalue weighted by Gasteiger charge is -2.23. The molecule has 1 aromatic heterocycles. The number of aromatic nitrogens is 3. The molecular weight excluding hydrogens is 312 g/mol. The Balaban J connectivity index is 1.54. The molecule has 2 aliphatic heterocycles. The van der Waals surface area contributed by atoms with Crippen molar-refractivity contribution in [2.24, 2.45) is 0 Å². The maximum Gasteiger partial charge on any atom is 0.247 e. The third kappa shape index (κ3) is 3.36. The average molecular weight is 336 g/mol. The largest absolute Gasteiger partial charge is 0.329 e. The molecule has 0 spiro atoms. The number of likely N-dealkylation sites (tertiary alicyclic amines) is 1. The molecule has 0 radical (unpaired) electrons. The summed E-state index contributed by atoms with van der Waals surface area (Å²) in [6, 6.07) is 10.0. The number of fused-ring (bicyclic) bond motifs is 1. The van der Waals surface area contributed by atoms with E-state index in [2.05, 4.69) is 14.8 Å². The van der Waals surface area contributed by atoms with E-state index < -0.39 is 0 Å². The van der Waals surface area contributed by atoms with Gasteiger partial charge in [0.1, 0.15) is 5.82 Å². The van der Waals surface area contributed by atoms with Crippen LogP contribution in [0.3, 0.4) is 0 Å². The number of carbonyl (C=O) groups is 1. The van der Waals surface area contributed by atoms with Gasteiger partial charge in [0.05, 0.1) is 6.04 Å². The van der Waals surface area contributed by atoms with Crippen molar-refractivity contribution in [1.82, 2.24) is 19.7 Å². The van der Waals surface area contributed by atoms with Gasteiger partial charge in [-0.1, -0.05) is 36.8 Å². The predicted molar refractivity (Wildman–Crippen MR) is 96.7 cm³/mol. The van der Waals surface area contributed by atoms with E-state index in [-0.39, 0.29) is 11.9 Å². The first kappa shape index (κ1) is 16.1. The Hall–Kier alpha value is -2.43. The van der Waals surface area contributed by atoms with E-state index in [0.717, 1.165) is 49.6 Å². The number of carbonyl (C=O) groups excluding carboxylic acids is 1. The third-order valence-corrected chi connectivity index (χ3v) is 5.19. The smallest absolute Gasteiger partial charge is 0.247 e. The van der Waals surface area contributed by atoms with Crippen LogP contribution >= 0.6 is 0 Å². The molecule has 0 saturated carbocycles. The van der Waals surface area contributed by atoms with Gasteiger partial charge in [-0.15, -0.1) is 10.2 Å². The van der Waals surface area contributed by atoms with Gasteiger partial charge in [0.2, 0.25) is 5.91 Å². The molecule has 25 heavy (non-hydrogen) atoms. The van der Waals surface area contributed by atoms with Crippen LogP contribution in [-0.4, -0.2) is 32.1 Å². The summed E-state index contributed by atoms with van der Waals surface area (Å²) in [5.74, 6) is 2.14. The first-order chi connectivity index (χ1) is 12.3. The molecule has 1 unspecified atom stereocenters. The van der Waals surface area contributed by atoms with Crippen LogP contribution in [0, 0.1) is 0 Å². The zero-order valence-corrected chi connectivity index (χ0v) is 14.5. The maximum atomic E-state index is 12.7. The molecule has 5 nitrogen and oxygen atoms in total. The van der Waals surface area contributed by atoms with Crippen molar-refractivity contribution in [3.63, 3.8) is 0 Å². The monoisotopic (exact) mass is 336 g/mol. The van der Waals surface area contributed by atoms with Gasteiger partial charge < -0.3 is 9.47 Å². The van der Waals surface area contributed by atoms with Crippen LogP contribution < -0.4 is 0 Å². The van der Waals surface area contributed by atoms with Gasteiger partial charge in [-0.05, 0) is 37.3 Å². The third-order valence-electron chi connectivity index (χ3n) is 5.19. The molecule has 2 aromatic rings. The summed E-state index contributed by atoms with van der Waals surface area (Å²) < 4.78 is 2.27. The minimum Gasteiger partial charge on any atom is -0.329 e. The van der Waals surface area contributed by atoms with Gasteiger partial charge in [0.15, 0.2) is 5.82 Å². The van der Waals surface area contributed by atoms with Gasteiger partial charge in [-0.25, -0.2) is 0 Å². The van der Waals surface area contributed by atoms with Crippen LogP contribution in [0.5, 0.6) is 0 Å². The summed E-state index contributed by atoms with van der Waals surface area (Å²) in [5.41, 5.74) is 1.04. The predicted octanol–water partition coefficient (Wildman–Crippen LogP) is 3.38. The number of benzene rings is 1. The molecule has 2 aliphatic rings. The number of rotatable bonds is 3. The summed E-state index contributed by atoms with van der Waals surface area (Å²) in [6.45, 7) is 1.78. The number of hydrogen-bond acceptors (Lipinski definition) is 3. The fourth-order valence-corrected chi connectivity index (χ4v) is 3.88. The van der Waals surface area contributed by atoms with Gasteiger partial charge in [-0.2, -0.15) is 0 Å². The molecular formula is C20H24N4O. The Kier molecular flexibility index (Phi) is 4.63. The van der Waals surface area contributed by atoms with E-state index in [1.54, 1.807) is 6.08 Å². The second-order valence-corrected chi connectivity index (χ2v) is 6.87. The van der Waals surface area contributed by atoms with Gasteiger partial charge in [0.25, 0.3) is 0 Å². The number of amides is 1. The molecule has 1 amide bonds. The molecule has 1 saturated heterocycles. The van der Waals surface area contributed by atoms with Crippen molar-refractivity contribution in [1.29, 1.82) is 0 Å². The van der Waals surface area contributed by atoms with Gasteiger partial charge in [0, 0.05) is 25.6 Å². The molecule has 1 atom stereocenters. The summed E-state index contributed by atoms with van der Waals surface area (Å²) in [4.78, 5) is 14.7. The van der Waals surface area contributed by atoms with Crippen LogP contribution in [0.4, 0.5) is 0 Å². The molecule has 130 valence electrons. The van der Waals surface area contributed by atoms with Gasteiger partial charge >= 0.3 is 0 Å². The Labute approximate surface area is 148 Å². The lowest BCUT2D eigenvalue weighted by molar-refractivity contribution is -0.127. The topological polar surface area (TPSA) is 51.0 Å². The van der Waals surface area contributed by atoms with Crippen LogP contribution in [0.25, 0.3) is 6.08 Å². The first-order valence-electron chi connectivity index (χ1n) is 9.28. The van der Waals surface area contributed by atoms with E-state index in [1.807, 2.05) is 41.3 Å². The Morgan fingerprint density at radius 2 is 1.92 bits per heavy atom. The van der Waals surface area contributed by atoms with Crippen molar-refractivity contribution in [2.45, 2.75) is 51.1 Å². The zero-order chi connectivity index (χ0) is 17.1. The molecule has 3 heterocycles. The lowest BCUT2D eigenvalue weighted by Crippen LogP contribution is -2.30. The summed E-state index contributed by atoms with van der Waals surface area (Å²) in [6.07, 6.45) is 10.2. The number of aryl methyl sites for hydroxylation is 1. The molecule has 4 rings (SSSR count). The quantitative estimate of drug-likeness (QED) is 0.808. The van der Waals surface area contributed by atoms with E-state index in [4.69, 9.17) is 0 Å². The summed E-state index contributed by atoms with van der Waals surface area (Å²) in [5, 5.41) is 8.87. The summed E-state index contributed by atoms with van der Waals surface area (Å²) >= 11 is 0. The molecule has 1 fully saturated rings. The van der Waals surface area contributed by atoms with Crippen LogP contribution in [0.1, 0.15) is 55.4 Å². The average Bonchev–Trinajstić information content (AvgIpc) is 3.21. The molecule has 0 aliphatic carbocycles. The van der Waals surface area contributed by atoms with E-state index in [9.17, 15) is 4.79 Å². The van der Waals surface area contributed by atoms with Crippen LogP contribution in [0.2, 0.25) is 0 Å². The van der Waals surface area contributed by atoms with Crippen molar-refractivity contribution in [3.8, 4) is 0 Å². The van der Waals surface area contributed by atoms with Crippen molar-refractivity contribution in [2.75, 3.05) is 6.54 Å². The Morgan fingerprint density at radius 1 is 1.04 bits per heavy atom. The highest BCUT2D eigenvalue weighted by Gasteiger charge is 2.33. The number of nitrogens with zero attached hydrogens (tertiary/aromatic N) is 4. The Morgan fingerprint density at radius 3 is 2.80 bits per heavy atom. The highest BCUT2D eigenvalue weighted by atomic mass is 16.2. The molecule has 1 aromatic carbocycles. The van der Waals surface area contributed by atoms with Crippen LogP contribution in [0.15, 0.2) is 36.4 Å².